The Kier molecular flexibility index (Phi) is 11.6. The molecule has 13 heteroatoms. The lowest BCUT2D eigenvalue weighted by Crippen LogP contribution is -2.55. The van der Waals surface area contributed by atoms with Gasteiger partial charge in [-0.3, -0.25) is 38.6 Å². The summed E-state index contributed by atoms with van der Waals surface area (Å²) in [5.74, 6) is -3.51. The third-order valence-electron chi connectivity index (χ3n) is 8.99. The first kappa shape index (κ1) is 35.8. The van der Waals surface area contributed by atoms with Gasteiger partial charge in [-0.15, -0.1) is 0 Å². The minimum absolute atomic E-state index is 0.114. The van der Waals surface area contributed by atoms with Gasteiger partial charge < -0.3 is 24.0 Å². The molecule has 0 aliphatic carbocycles. The third kappa shape index (κ3) is 7.43. The smallest absolute Gasteiger partial charge is 0.262 e. The molecule has 0 saturated carbocycles. The average molecular weight is 677 g/mol. The number of ether oxygens (including phenoxy) is 3. The summed E-state index contributed by atoms with van der Waals surface area (Å²) < 4.78 is 17.4. The van der Waals surface area contributed by atoms with E-state index in [1.54, 1.807) is 76.2 Å². The Hall–Kier alpha value is -4.46. The first-order chi connectivity index (χ1) is 23.5. The summed E-state index contributed by atoms with van der Waals surface area (Å²) in [6, 6.07) is 11.0. The van der Waals surface area contributed by atoms with Gasteiger partial charge in [0.05, 0.1) is 61.9 Å². The van der Waals surface area contributed by atoms with Gasteiger partial charge >= 0.3 is 0 Å². The topological polar surface area (TPSA) is 143 Å². The van der Waals surface area contributed by atoms with Crippen molar-refractivity contribution in [2.45, 2.75) is 39.8 Å². The number of fused-ring (bicyclic) bond motifs is 2. The molecule has 13 nitrogen and oxygen atoms in total. The molecule has 0 radical (unpaired) electrons. The summed E-state index contributed by atoms with van der Waals surface area (Å²) >= 11 is 0. The number of hydrogen-bond acceptors (Lipinski definition) is 9. The molecule has 3 aliphatic rings. The van der Waals surface area contributed by atoms with Gasteiger partial charge in [0.1, 0.15) is 12.1 Å². The Morgan fingerprint density at radius 1 is 0.490 bits per heavy atom. The average Bonchev–Trinajstić information content (AvgIpc) is 3.47. The van der Waals surface area contributed by atoms with Crippen LogP contribution in [0.2, 0.25) is 0 Å². The van der Waals surface area contributed by atoms with E-state index in [0.717, 1.165) is 9.80 Å². The van der Waals surface area contributed by atoms with Crippen LogP contribution < -0.4 is 0 Å². The van der Waals surface area contributed by atoms with E-state index < -0.39 is 47.5 Å². The molecule has 3 aliphatic heterocycles. The van der Waals surface area contributed by atoms with Crippen molar-refractivity contribution < 1.29 is 43.0 Å². The largest absolute Gasteiger partial charge is 0.378 e. The molecule has 2 aromatic rings. The van der Waals surface area contributed by atoms with Crippen LogP contribution in [0.15, 0.2) is 48.5 Å². The fourth-order valence-electron chi connectivity index (χ4n) is 6.47. The normalized spacial score (nSPS) is 19.6. The predicted molar refractivity (Wildman–Crippen MR) is 177 cm³/mol. The minimum atomic E-state index is -1.03. The van der Waals surface area contributed by atoms with Crippen molar-refractivity contribution in [1.29, 1.82) is 0 Å². The van der Waals surface area contributed by atoms with Crippen LogP contribution in [0.25, 0.3) is 0 Å². The maximum absolute atomic E-state index is 14.0. The molecule has 0 aromatic heterocycles. The van der Waals surface area contributed by atoms with Crippen molar-refractivity contribution in [2.75, 3.05) is 65.8 Å². The standard InChI is InChI=1S/C36H44N4O9/c1-23(2)29(39-31(41)25-9-5-6-10-26(25)32(39)42)35(45)37-13-17-47-18-14-38(16-20-49-22-21-48-19-15-37)36(46)30(24(3)4)40-33(43)27-11-7-8-12-28(27)34(40)44/h5-12,23-24,29-30H,13-22H2,1-4H3. The number of carbonyl (C=O) groups excluding carboxylic acids is 6. The lowest BCUT2D eigenvalue weighted by Gasteiger charge is -2.34. The van der Waals surface area contributed by atoms with Crippen LogP contribution in [0.4, 0.5) is 0 Å². The van der Waals surface area contributed by atoms with Crippen LogP contribution in [0.5, 0.6) is 0 Å². The first-order valence-corrected chi connectivity index (χ1v) is 16.8. The van der Waals surface area contributed by atoms with Crippen molar-refractivity contribution in [2.24, 2.45) is 11.8 Å². The van der Waals surface area contributed by atoms with E-state index in [1.165, 1.54) is 9.80 Å². The highest BCUT2D eigenvalue weighted by atomic mass is 16.5. The van der Waals surface area contributed by atoms with Crippen LogP contribution in [0.1, 0.15) is 69.1 Å². The Bertz CT molecular complexity index is 1410. The van der Waals surface area contributed by atoms with E-state index in [4.69, 9.17) is 14.2 Å². The highest BCUT2D eigenvalue weighted by molar-refractivity contribution is 6.23. The van der Waals surface area contributed by atoms with Crippen LogP contribution >= 0.6 is 0 Å². The molecule has 262 valence electrons. The third-order valence-corrected chi connectivity index (χ3v) is 8.99. The number of nitrogens with zero attached hydrogens (tertiary/aromatic N) is 4. The second-order valence-electron chi connectivity index (χ2n) is 12.9. The number of carbonyl (C=O) groups is 6. The van der Waals surface area contributed by atoms with Gasteiger partial charge in [0.2, 0.25) is 11.8 Å². The van der Waals surface area contributed by atoms with Crippen LogP contribution in [0, 0.1) is 11.8 Å². The second kappa shape index (κ2) is 15.8. The van der Waals surface area contributed by atoms with Gasteiger partial charge in [-0.1, -0.05) is 52.0 Å². The molecule has 2 aromatic carbocycles. The molecule has 2 atom stereocenters. The summed E-state index contributed by atoms with van der Waals surface area (Å²) in [6.07, 6.45) is 0. The zero-order chi connectivity index (χ0) is 35.2. The van der Waals surface area contributed by atoms with Gasteiger partial charge in [0.15, 0.2) is 0 Å². The fraction of sp³-hybridized carbons (Fsp3) is 0.500. The lowest BCUT2D eigenvalue weighted by molar-refractivity contribution is -0.138. The quantitative estimate of drug-likeness (QED) is 0.422. The zero-order valence-corrected chi connectivity index (χ0v) is 28.5. The van der Waals surface area contributed by atoms with Crippen LogP contribution in [0.3, 0.4) is 0 Å². The first-order valence-electron chi connectivity index (χ1n) is 16.8. The molecule has 2 unspecified atom stereocenters. The van der Waals surface area contributed by atoms with Gasteiger partial charge in [0, 0.05) is 26.2 Å². The van der Waals surface area contributed by atoms with E-state index in [1.807, 2.05) is 0 Å². The predicted octanol–water partition coefficient (Wildman–Crippen LogP) is 2.35. The molecule has 1 fully saturated rings. The Balaban J connectivity index is 1.27. The van der Waals surface area contributed by atoms with E-state index in [2.05, 4.69) is 0 Å². The minimum Gasteiger partial charge on any atom is -0.378 e. The zero-order valence-electron chi connectivity index (χ0n) is 28.5. The molecular formula is C36H44N4O9. The molecular weight excluding hydrogens is 632 g/mol. The molecule has 0 N–H and O–H groups in total. The maximum atomic E-state index is 14.0. The summed E-state index contributed by atoms with van der Waals surface area (Å²) in [4.78, 5) is 86.5. The molecule has 5 rings (SSSR count). The number of rotatable bonds is 6. The number of hydrogen-bond donors (Lipinski definition) is 0. The summed E-state index contributed by atoms with van der Waals surface area (Å²) in [5.41, 5.74) is 1.10. The highest BCUT2D eigenvalue weighted by Crippen LogP contribution is 2.29. The number of imide groups is 2. The van der Waals surface area contributed by atoms with Crippen LogP contribution in [-0.2, 0) is 23.8 Å². The van der Waals surface area contributed by atoms with E-state index >= 15 is 0 Å². The van der Waals surface area contributed by atoms with Gasteiger partial charge in [0.25, 0.3) is 23.6 Å². The van der Waals surface area contributed by atoms with E-state index in [-0.39, 0.29) is 99.9 Å². The molecule has 49 heavy (non-hydrogen) atoms. The molecule has 0 spiro atoms. The van der Waals surface area contributed by atoms with Crippen molar-refractivity contribution in [3.05, 3.63) is 70.8 Å². The monoisotopic (exact) mass is 676 g/mol. The maximum Gasteiger partial charge on any atom is 0.262 e. The van der Waals surface area contributed by atoms with Crippen molar-refractivity contribution in [1.82, 2.24) is 19.6 Å². The highest BCUT2D eigenvalue weighted by Gasteiger charge is 2.46. The summed E-state index contributed by atoms with van der Waals surface area (Å²) in [7, 11) is 0. The Morgan fingerprint density at radius 2 is 0.755 bits per heavy atom. The van der Waals surface area contributed by atoms with Crippen molar-refractivity contribution in [3.8, 4) is 0 Å². The Morgan fingerprint density at radius 3 is 1.02 bits per heavy atom. The molecule has 1 saturated heterocycles. The molecule has 0 bridgehead atoms. The summed E-state index contributed by atoms with van der Waals surface area (Å²) in [6.45, 7) is 8.99. The SMILES string of the molecule is CC(C)C(C(=O)N1CCOCCOCCN(C(=O)C(C(C)C)N2C(=O)c3ccccc3C2=O)CCOCC1)N1C(=O)c2ccccc2C1=O. The molecule has 6 amide bonds. The van der Waals surface area contributed by atoms with E-state index in [0.29, 0.717) is 0 Å². The fourth-order valence-corrected chi connectivity index (χ4v) is 6.47. The molecule has 3 heterocycles. The van der Waals surface area contributed by atoms with Crippen molar-refractivity contribution >= 4 is 35.4 Å². The number of amides is 6. The lowest BCUT2D eigenvalue weighted by atomic mass is 10.0. The van der Waals surface area contributed by atoms with Gasteiger partial charge in [-0.2, -0.15) is 0 Å². The van der Waals surface area contributed by atoms with Gasteiger partial charge in [-0.05, 0) is 36.1 Å². The summed E-state index contributed by atoms with van der Waals surface area (Å²) in [5, 5.41) is 0. The van der Waals surface area contributed by atoms with Crippen molar-refractivity contribution in [3.63, 3.8) is 0 Å². The number of benzene rings is 2. The second-order valence-corrected chi connectivity index (χ2v) is 12.9. The van der Waals surface area contributed by atoms with Crippen LogP contribution in [-0.4, -0.2) is 133 Å². The van der Waals surface area contributed by atoms with E-state index in [9.17, 15) is 28.8 Å². The van der Waals surface area contributed by atoms with Gasteiger partial charge in [-0.25, -0.2) is 0 Å². The Labute approximate surface area is 286 Å².